The molecule has 0 aliphatic carbocycles. The molecule has 126 valence electrons. The highest BCUT2D eigenvalue weighted by molar-refractivity contribution is 5.78. The Morgan fingerprint density at radius 1 is 1.13 bits per heavy atom. The summed E-state index contributed by atoms with van der Waals surface area (Å²) < 4.78 is 2.39. The van der Waals surface area contributed by atoms with Crippen molar-refractivity contribution in [1.29, 1.82) is 0 Å². The smallest absolute Gasteiger partial charge is 0.204 e. The standard InChI is InChI=1S/C19H30N4/c1-3-4-5-8-13-23-18-10-7-6-9-17(18)21-19(23)20-16-11-14-22(2)15-12-16/h6-7,9-10,16H,3-5,8,11-15H2,1-2H3,(H,20,21). The Hall–Kier alpha value is -1.55. The molecule has 0 radical (unpaired) electrons. The van der Waals surface area contributed by atoms with Crippen LogP contribution in [0.15, 0.2) is 24.3 Å². The van der Waals surface area contributed by atoms with Crippen molar-refractivity contribution in [2.75, 3.05) is 25.5 Å². The maximum absolute atomic E-state index is 4.86. The molecular formula is C19H30N4. The van der Waals surface area contributed by atoms with E-state index in [0.717, 1.165) is 18.0 Å². The molecule has 0 unspecified atom stereocenters. The fraction of sp³-hybridized carbons (Fsp3) is 0.632. The van der Waals surface area contributed by atoms with Crippen LogP contribution in [-0.4, -0.2) is 40.6 Å². The molecule has 4 nitrogen and oxygen atoms in total. The molecular weight excluding hydrogens is 284 g/mol. The zero-order chi connectivity index (χ0) is 16.1. The lowest BCUT2D eigenvalue weighted by Crippen LogP contribution is -2.37. The van der Waals surface area contributed by atoms with Crippen molar-refractivity contribution in [3.63, 3.8) is 0 Å². The van der Waals surface area contributed by atoms with Gasteiger partial charge >= 0.3 is 0 Å². The highest BCUT2D eigenvalue weighted by atomic mass is 15.2. The number of fused-ring (bicyclic) bond motifs is 1. The molecule has 3 rings (SSSR count). The van der Waals surface area contributed by atoms with Gasteiger partial charge in [-0.1, -0.05) is 38.3 Å². The van der Waals surface area contributed by atoms with Crippen molar-refractivity contribution >= 4 is 17.0 Å². The molecule has 1 aliphatic heterocycles. The van der Waals surface area contributed by atoms with Crippen LogP contribution in [-0.2, 0) is 6.54 Å². The summed E-state index contributed by atoms with van der Waals surface area (Å²) in [5, 5.41) is 3.73. The molecule has 1 N–H and O–H groups in total. The molecule has 1 aliphatic rings. The van der Waals surface area contributed by atoms with Crippen molar-refractivity contribution in [2.24, 2.45) is 0 Å². The van der Waals surface area contributed by atoms with Gasteiger partial charge in [0.2, 0.25) is 5.95 Å². The number of aromatic nitrogens is 2. The van der Waals surface area contributed by atoms with E-state index in [2.05, 4.69) is 53.0 Å². The average molecular weight is 314 g/mol. The van der Waals surface area contributed by atoms with E-state index >= 15 is 0 Å². The minimum atomic E-state index is 0.553. The fourth-order valence-corrected chi connectivity index (χ4v) is 3.44. The Kier molecular flexibility index (Phi) is 5.55. The second-order valence-electron chi connectivity index (χ2n) is 6.86. The van der Waals surface area contributed by atoms with Gasteiger partial charge in [0.1, 0.15) is 0 Å². The summed E-state index contributed by atoms with van der Waals surface area (Å²) in [5.41, 5.74) is 2.37. The molecule has 2 heterocycles. The van der Waals surface area contributed by atoms with E-state index in [-0.39, 0.29) is 0 Å². The predicted molar refractivity (Wildman–Crippen MR) is 98.0 cm³/mol. The van der Waals surface area contributed by atoms with Crippen LogP contribution in [0.25, 0.3) is 11.0 Å². The van der Waals surface area contributed by atoms with E-state index in [1.807, 2.05) is 0 Å². The number of hydrogen-bond acceptors (Lipinski definition) is 3. The van der Waals surface area contributed by atoms with Gasteiger partial charge in [-0.2, -0.15) is 0 Å². The maximum atomic E-state index is 4.86. The Balaban J connectivity index is 1.74. The highest BCUT2D eigenvalue weighted by Crippen LogP contribution is 2.23. The van der Waals surface area contributed by atoms with Gasteiger partial charge in [0.15, 0.2) is 0 Å². The quantitative estimate of drug-likeness (QED) is 0.780. The lowest BCUT2D eigenvalue weighted by molar-refractivity contribution is 0.263. The summed E-state index contributed by atoms with van der Waals surface area (Å²) in [7, 11) is 2.21. The minimum Gasteiger partial charge on any atom is -0.353 e. The molecule has 0 bridgehead atoms. The monoisotopic (exact) mass is 314 g/mol. The number of para-hydroxylation sites is 2. The van der Waals surface area contributed by atoms with E-state index in [0.29, 0.717) is 6.04 Å². The number of benzene rings is 1. The summed E-state index contributed by atoms with van der Waals surface area (Å²) >= 11 is 0. The molecule has 23 heavy (non-hydrogen) atoms. The summed E-state index contributed by atoms with van der Waals surface area (Å²) in [6.45, 7) is 5.68. The first-order valence-corrected chi connectivity index (χ1v) is 9.18. The van der Waals surface area contributed by atoms with Crippen LogP contribution in [0.5, 0.6) is 0 Å². The van der Waals surface area contributed by atoms with Gasteiger partial charge in [-0.25, -0.2) is 4.98 Å². The number of hydrogen-bond donors (Lipinski definition) is 1. The number of rotatable bonds is 7. The molecule has 1 aromatic carbocycles. The molecule has 0 spiro atoms. The van der Waals surface area contributed by atoms with Crippen molar-refractivity contribution in [2.45, 2.75) is 58.0 Å². The van der Waals surface area contributed by atoms with Crippen molar-refractivity contribution in [3.05, 3.63) is 24.3 Å². The van der Waals surface area contributed by atoms with Crippen LogP contribution < -0.4 is 5.32 Å². The number of likely N-dealkylation sites (tertiary alicyclic amines) is 1. The first kappa shape index (κ1) is 16.3. The number of nitrogens with zero attached hydrogens (tertiary/aromatic N) is 3. The zero-order valence-electron chi connectivity index (χ0n) is 14.6. The molecule has 0 saturated carbocycles. The fourth-order valence-electron chi connectivity index (χ4n) is 3.44. The number of nitrogens with one attached hydrogen (secondary N) is 1. The Morgan fingerprint density at radius 2 is 1.91 bits per heavy atom. The lowest BCUT2D eigenvalue weighted by atomic mass is 10.1. The number of aryl methyl sites for hydroxylation is 1. The summed E-state index contributed by atoms with van der Waals surface area (Å²) in [5.74, 6) is 1.07. The highest BCUT2D eigenvalue weighted by Gasteiger charge is 2.19. The third-order valence-corrected chi connectivity index (χ3v) is 4.94. The average Bonchev–Trinajstić information content (AvgIpc) is 2.91. The van der Waals surface area contributed by atoms with E-state index < -0.39 is 0 Å². The first-order valence-electron chi connectivity index (χ1n) is 9.18. The summed E-state index contributed by atoms with van der Waals surface area (Å²) in [4.78, 5) is 7.27. The Labute approximate surface area is 139 Å². The largest absolute Gasteiger partial charge is 0.353 e. The van der Waals surface area contributed by atoms with Gasteiger partial charge in [0, 0.05) is 12.6 Å². The van der Waals surface area contributed by atoms with Gasteiger partial charge < -0.3 is 14.8 Å². The van der Waals surface area contributed by atoms with Crippen molar-refractivity contribution in [1.82, 2.24) is 14.5 Å². The molecule has 1 saturated heterocycles. The number of anilines is 1. The molecule has 0 atom stereocenters. The van der Waals surface area contributed by atoms with Gasteiger partial charge in [-0.15, -0.1) is 0 Å². The van der Waals surface area contributed by atoms with Gasteiger partial charge in [-0.3, -0.25) is 0 Å². The van der Waals surface area contributed by atoms with Crippen LogP contribution in [0, 0.1) is 0 Å². The topological polar surface area (TPSA) is 33.1 Å². The van der Waals surface area contributed by atoms with Gasteiger partial charge in [-0.05, 0) is 51.5 Å². The number of piperidine rings is 1. The SMILES string of the molecule is CCCCCCn1c(NC2CCN(C)CC2)nc2ccccc21. The van der Waals surface area contributed by atoms with Gasteiger partial charge in [0.05, 0.1) is 11.0 Å². The van der Waals surface area contributed by atoms with Crippen molar-refractivity contribution < 1.29 is 0 Å². The Morgan fingerprint density at radius 3 is 2.70 bits per heavy atom. The van der Waals surface area contributed by atoms with Gasteiger partial charge in [0.25, 0.3) is 0 Å². The van der Waals surface area contributed by atoms with Crippen LogP contribution >= 0.6 is 0 Å². The lowest BCUT2D eigenvalue weighted by Gasteiger charge is -2.29. The molecule has 1 fully saturated rings. The minimum absolute atomic E-state index is 0.553. The van der Waals surface area contributed by atoms with E-state index in [4.69, 9.17) is 4.98 Å². The third kappa shape index (κ3) is 4.05. The van der Waals surface area contributed by atoms with Crippen LogP contribution in [0.3, 0.4) is 0 Å². The van der Waals surface area contributed by atoms with Crippen molar-refractivity contribution in [3.8, 4) is 0 Å². The predicted octanol–water partition coefficient (Wildman–Crippen LogP) is 4.12. The first-order chi connectivity index (χ1) is 11.3. The van der Waals surface area contributed by atoms with E-state index in [9.17, 15) is 0 Å². The van der Waals surface area contributed by atoms with Crippen LogP contribution in [0.4, 0.5) is 5.95 Å². The maximum Gasteiger partial charge on any atom is 0.204 e. The van der Waals surface area contributed by atoms with E-state index in [1.165, 1.54) is 57.1 Å². The summed E-state index contributed by atoms with van der Waals surface area (Å²) in [6.07, 6.45) is 7.55. The molecule has 1 aromatic heterocycles. The Bertz CT molecular complexity index is 611. The van der Waals surface area contributed by atoms with Crippen LogP contribution in [0.1, 0.15) is 45.4 Å². The molecule has 0 amide bonds. The van der Waals surface area contributed by atoms with Crippen LogP contribution in [0.2, 0.25) is 0 Å². The zero-order valence-corrected chi connectivity index (χ0v) is 14.6. The summed E-state index contributed by atoms with van der Waals surface area (Å²) in [6, 6.07) is 9.07. The number of imidazole rings is 1. The van der Waals surface area contributed by atoms with E-state index in [1.54, 1.807) is 0 Å². The molecule has 4 heteroatoms. The molecule has 2 aromatic rings. The number of unbranched alkanes of at least 4 members (excludes halogenated alkanes) is 3. The third-order valence-electron chi connectivity index (χ3n) is 4.94. The normalized spacial score (nSPS) is 17.0. The second-order valence-corrected chi connectivity index (χ2v) is 6.86. The second kappa shape index (κ2) is 7.82.